The first-order valence-electron chi connectivity index (χ1n) is 14.6. The Hall–Kier alpha value is -3.16. The summed E-state index contributed by atoms with van der Waals surface area (Å²) in [5.41, 5.74) is 9.67. The van der Waals surface area contributed by atoms with Crippen LogP contribution in [0.5, 0.6) is 0 Å². The first-order valence-corrected chi connectivity index (χ1v) is 15.9. The van der Waals surface area contributed by atoms with Crippen molar-refractivity contribution < 1.29 is 29.0 Å². The SMILES string of the molecule is Cc1ncsc1-c1ccc(CNC(=O)[C@@H]2C[C@@H](O)CN2C(=O)C(NC(=O)CCCCCCCOC(N)=O)C(C)(C)S)cc1. The van der Waals surface area contributed by atoms with E-state index in [0.717, 1.165) is 41.0 Å². The van der Waals surface area contributed by atoms with Crippen molar-refractivity contribution in [1.82, 2.24) is 20.5 Å². The summed E-state index contributed by atoms with van der Waals surface area (Å²) in [4.78, 5) is 57.0. The van der Waals surface area contributed by atoms with Crippen LogP contribution in [0.25, 0.3) is 10.4 Å². The summed E-state index contributed by atoms with van der Waals surface area (Å²) < 4.78 is 3.78. The number of rotatable bonds is 15. The molecule has 3 atom stereocenters. The number of hydrogen-bond donors (Lipinski definition) is 5. The summed E-state index contributed by atoms with van der Waals surface area (Å²) in [7, 11) is 0. The highest BCUT2D eigenvalue weighted by atomic mass is 32.1. The van der Waals surface area contributed by atoms with Gasteiger partial charge in [0.15, 0.2) is 0 Å². The van der Waals surface area contributed by atoms with Crippen LogP contribution in [0.3, 0.4) is 0 Å². The van der Waals surface area contributed by atoms with E-state index in [1.807, 2.05) is 36.7 Å². The number of primary amides is 1. The molecule has 4 amide bonds. The number of carbonyl (C=O) groups is 4. The summed E-state index contributed by atoms with van der Waals surface area (Å²) >= 11 is 6.16. The van der Waals surface area contributed by atoms with E-state index >= 15 is 0 Å². The van der Waals surface area contributed by atoms with Crippen LogP contribution in [-0.4, -0.2) is 74.9 Å². The van der Waals surface area contributed by atoms with Gasteiger partial charge in [0.2, 0.25) is 17.7 Å². The molecule has 1 unspecified atom stereocenters. The van der Waals surface area contributed by atoms with Crippen LogP contribution in [0.1, 0.15) is 70.1 Å². The third-order valence-electron chi connectivity index (χ3n) is 7.34. The van der Waals surface area contributed by atoms with Gasteiger partial charge in [-0.25, -0.2) is 9.78 Å². The van der Waals surface area contributed by atoms with Crippen LogP contribution in [0, 0.1) is 6.92 Å². The van der Waals surface area contributed by atoms with Gasteiger partial charge >= 0.3 is 6.09 Å². The lowest BCUT2D eigenvalue weighted by Gasteiger charge is -2.34. The number of nitrogens with zero attached hydrogens (tertiary/aromatic N) is 2. The molecule has 1 fully saturated rings. The van der Waals surface area contributed by atoms with Crippen LogP contribution >= 0.6 is 24.0 Å². The molecule has 236 valence electrons. The molecule has 1 aromatic heterocycles. The summed E-state index contributed by atoms with van der Waals surface area (Å²) in [5, 5.41) is 16.1. The van der Waals surface area contributed by atoms with Crippen molar-refractivity contribution in [1.29, 1.82) is 0 Å². The van der Waals surface area contributed by atoms with Gasteiger partial charge in [-0.2, -0.15) is 12.6 Å². The zero-order valence-corrected chi connectivity index (χ0v) is 26.7. The van der Waals surface area contributed by atoms with Gasteiger partial charge in [0, 0.05) is 30.7 Å². The number of nitrogens with two attached hydrogens (primary N) is 1. The minimum absolute atomic E-state index is 0.00445. The number of β-amino-alcohol motifs (C(OH)–C–C–N with tert-alkyl or cyclic N) is 1. The molecule has 3 rings (SSSR count). The van der Waals surface area contributed by atoms with Crippen molar-refractivity contribution in [2.75, 3.05) is 13.2 Å². The maximum atomic E-state index is 13.7. The number of unbranched alkanes of at least 4 members (excludes halogenated alkanes) is 4. The lowest BCUT2D eigenvalue weighted by Crippen LogP contribution is -2.59. The largest absolute Gasteiger partial charge is 0.450 e. The van der Waals surface area contributed by atoms with E-state index in [4.69, 9.17) is 10.5 Å². The number of benzene rings is 1. The van der Waals surface area contributed by atoms with E-state index < -0.39 is 34.9 Å². The highest BCUT2D eigenvalue weighted by molar-refractivity contribution is 7.81. The average Bonchev–Trinajstić information content (AvgIpc) is 3.56. The van der Waals surface area contributed by atoms with Gasteiger partial charge in [-0.1, -0.05) is 43.5 Å². The Morgan fingerprint density at radius 3 is 2.47 bits per heavy atom. The van der Waals surface area contributed by atoms with E-state index in [0.29, 0.717) is 12.8 Å². The monoisotopic (exact) mass is 633 g/mol. The molecule has 43 heavy (non-hydrogen) atoms. The molecule has 0 aliphatic carbocycles. The van der Waals surface area contributed by atoms with Crippen molar-refractivity contribution in [3.63, 3.8) is 0 Å². The topological polar surface area (TPSA) is 164 Å². The van der Waals surface area contributed by atoms with E-state index in [-0.39, 0.29) is 44.4 Å². The highest BCUT2D eigenvalue weighted by Crippen LogP contribution is 2.28. The van der Waals surface area contributed by atoms with Crippen LogP contribution in [0.15, 0.2) is 29.8 Å². The molecular formula is C30H43N5O6S2. The fraction of sp³-hybridized carbons (Fsp3) is 0.567. The molecule has 1 aliphatic rings. The summed E-state index contributed by atoms with van der Waals surface area (Å²) in [6.07, 6.45) is 2.57. The number of ether oxygens (including phenoxy) is 1. The summed E-state index contributed by atoms with van der Waals surface area (Å²) in [6, 6.07) is 6.00. The Morgan fingerprint density at radius 1 is 1.16 bits per heavy atom. The number of aryl methyl sites for hydroxylation is 1. The van der Waals surface area contributed by atoms with Crippen molar-refractivity contribution >= 4 is 47.8 Å². The number of thiazole rings is 1. The summed E-state index contributed by atoms with van der Waals surface area (Å²) in [5.74, 6) is -1.10. The second-order valence-corrected chi connectivity index (χ2v) is 13.4. The maximum absolute atomic E-state index is 13.7. The average molecular weight is 634 g/mol. The number of thiol groups is 1. The number of likely N-dealkylation sites (tertiary alicyclic amines) is 1. The molecule has 2 aromatic rings. The van der Waals surface area contributed by atoms with Crippen molar-refractivity contribution in [2.45, 2.75) is 95.2 Å². The molecule has 0 saturated carbocycles. The molecule has 1 aromatic carbocycles. The smallest absolute Gasteiger partial charge is 0.404 e. The number of aliphatic hydroxyl groups is 1. The predicted octanol–water partition coefficient (Wildman–Crippen LogP) is 3.33. The fourth-order valence-electron chi connectivity index (χ4n) is 5.00. The number of aromatic nitrogens is 1. The van der Waals surface area contributed by atoms with Gasteiger partial charge in [-0.3, -0.25) is 14.4 Å². The maximum Gasteiger partial charge on any atom is 0.404 e. The van der Waals surface area contributed by atoms with E-state index in [1.165, 1.54) is 4.90 Å². The van der Waals surface area contributed by atoms with Gasteiger partial charge in [-0.05, 0) is 44.7 Å². The number of aliphatic hydroxyl groups excluding tert-OH is 1. The van der Waals surface area contributed by atoms with E-state index in [9.17, 15) is 24.3 Å². The van der Waals surface area contributed by atoms with Gasteiger partial charge in [0.1, 0.15) is 12.1 Å². The number of carbonyl (C=O) groups excluding carboxylic acids is 4. The minimum atomic E-state index is -0.988. The van der Waals surface area contributed by atoms with Crippen LogP contribution in [0.4, 0.5) is 4.79 Å². The molecule has 1 saturated heterocycles. The Labute approximate surface area is 262 Å². The molecular weight excluding hydrogens is 590 g/mol. The van der Waals surface area contributed by atoms with E-state index in [2.05, 4.69) is 28.2 Å². The molecule has 13 heteroatoms. The van der Waals surface area contributed by atoms with Crippen LogP contribution < -0.4 is 16.4 Å². The van der Waals surface area contributed by atoms with Crippen molar-refractivity contribution in [3.8, 4) is 10.4 Å². The first-order chi connectivity index (χ1) is 20.4. The molecule has 0 bridgehead atoms. The lowest BCUT2D eigenvalue weighted by molar-refractivity contribution is -0.142. The van der Waals surface area contributed by atoms with Crippen LogP contribution in [-0.2, 0) is 25.7 Å². The summed E-state index contributed by atoms with van der Waals surface area (Å²) in [6.45, 7) is 5.96. The van der Waals surface area contributed by atoms with Gasteiger partial charge < -0.3 is 31.1 Å². The Morgan fingerprint density at radius 2 is 1.84 bits per heavy atom. The molecule has 0 spiro atoms. The lowest BCUT2D eigenvalue weighted by atomic mass is 10.00. The number of amides is 4. The predicted molar refractivity (Wildman–Crippen MR) is 168 cm³/mol. The second-order valence-electron chi connectivity index (χ2n) is 11.4. The normalized spacial score (nSPS) is 17.4. The molecule has 5 N–H and O–H groups in total. The fourth-order valence-corrected chi connectivity index (χ4v) is 5.98. The third-order valence-corrected chi connectivity index (χ3v) is 8.58. The van der Waals surface area contributed by atoms with Gasteiger partial charge in [0.25, 0.3) is 0 Å². The Kier molecular flexibility index (Phi) is 12.8. The molecule has 1 aliphatic heterocycles. The molecule has 0 radical (unpaired) electrons. The van der Waals surface area contributed by atoms with Crippen molar-refractivity contribution in [3.05, 3.63) is 41.0 Å². The number of nitrogens with one attached hydrogen (secondary N) is 2. The zero-order chi connectivity index (χ0) is 31.6. The molecule has 11 nitrogen and oxygen atoms in total. The quantitative estimate of drug-likeness (QED) is 0.148. The van der Waals surface area contributed by atoms with Gasteiger partial charge in [0.05, 0.1) is 28.8 Å². The Bertz CT molecular complexity index is 1250. The third kappa shape index (κ3) is 10.5. The highest BCUT2D eigenvalue weighted by Gasteiger charge is 2.44. The van der Waals surface area contributed by atoms with Crippen molar-refractivity contribution in [2.24, 2.45) is 5.73 Å². The number of hydrogen-bond acceptors (Lipinski definition) is 9. The molecule has 2 heterocycles. The zero-order valence-electron chi connectivity index (χ0n) is 25.0. The first kappa shape index (κ1) is 34.3. The standard InChI is InChI=1S/C30H43N5O6S2/c1-19-25(43-18-33-19)21-12-10-20(11-13-21)16-32-27(38)23-15-22(36)17-35(23)28(39)26(30(2,3)42)34-24(37)9-7-5-4-6-8-14-41-29(31)40/h10-13,18,22-23,26,36,42H,4-9,14-17H2,1-3H3,(H2,31,40)(H,32,38)(H,34,37)/t22-,23+,26?/m1/s1. The Balaban J connectivity index is 1.53. The van der Waals surface area contributed by atoms with Gasteiger partial charge in [-0.15, -0.1) is 11.3 Å². The second kappa shape index (κ2) is 16.1. The minimum Gasteiger partial charge on any atom is -0.450 e. The van der Waals surface area contributed by atoms with Crippen LogP contribution in [0.2, 0.25) is 0 Å². The van der Waals surface area contributed by atoms with E-state index in [1.54, 1.807) is 25.2 Å².